The first kappa shape index (κ1) is 17.3. The summed E-state index contributed by atoms with van der Waals surface area (Å²) in [6, 6.07) is 8.81. The Balaban J connectivity index is 1.54. The van der Waals surface area contributed by atoms with Gasteiger partial charge in [0.25, 0.3) is 0 Å². The highest BCUT2D eigenvalue weighted by molar-refractivity contribution is 7.89. The average molecular weight is 360 g/mol. The number of sulfonamides is 1. The third kappa shape index (κ3) is 4.76. The number of carbonyl (C=O) groups excluding carboxylic acids is 1. The summed E-state index contributed by atoms with van der Waals surface area (Å²) in [7, 11) is -3.68. The Kier molecular flexibility index (Phi) is 5.28. The lowest BCUT2D eigenvalue weighted by Crippen LogP contribution is -2.42. The van der Waals surface area contributed by atoms with Gasteiger partial charge in [0.15, 0.2) is 0 Å². The predicted molar refractivity (Wildman–Crippen MR) is 94.2 cm³/mol. The molecule has 3 rings (SSSR count). The molecule has 2 heterocycles. The van der Waals surface area contributed by atoms with Crippen LogP contribution in [-0.4, -0.2) is 37.4 Å². The van der Waals surface area contributed by atoms with Crippen LogP contribution in [0.4, 0.5) is 5.82 Å². The molecule has 1 aromatic heterocycles. The van der Waals surface area contributed by atoms with Crippen molar-refractivity contribution in [1.29, 1.82) is 0 Å². The molecule has 132 valence electrons. The first-order valence-corrected chi connectivity index (χ1v) is 9.78. The van der Waals surface area contributed by atoms with E-state index in [9.17, 15) is 13.2 Å². The number of rotatable bonds is 5. The first-order chi connectivity index (χ1) is 12.0. The zero-order valence-corrected chi connectivity index (χ0v) is 14.5. The lowest BCUT2D eigenvalue weighted by atomic mass is 9.96. The van der Waals surface area contributed by atoms with E-state index in [1.54, 1.807) is 42.9 Å². The monoisotopic (exact) mass is 360 g/mol. The zero-order valence-electron chi connectivity index (χ0n) is 13.7. The molecule has 0 atom stereocenters. The van der Waals surface area contributed by atoms with Gasteiger partial charge in [-0.25, -0.2) is 13.4 Å². The topological polar surface area (TPSA) is 92.3 Å². The number of hydrogen-bond acceptors (Lipinski definition) is 6. The van der Waals surface area contributed by atoms with Crippen molar-refractivity contribution < 1.29 is 13.2 Å². The minimum Gasteiger partial charge on any atom is -0.355 e. The summed E-state index contributed by atoms with van der Waals surface area (Å²) in [4.78, 5) is 22.6. The van der Waals surface area contributed by atoms with Crippen molar-refractivity contribution in [2.24, 2.45) is 5.92 Å². The van der Waals surface area contributed by atoms with E-state index in [0.717, 1.165) is 5.82 Å². The van der Waals surface area contributed by atoms with Gasteiger partial charge in [-0.15, -0.1) is 0 Å². The van der Waals surface area contributed by atoms with Gasteiger partial charge in [0.1, 0.15) is 5.82 Å². The summed E-state index contributed by atoms with van der Waals surface area (Å²) in [6.07, 6.45) is 6.10. The van der Waals surface area contributed by atoms with Gasteiger partial charge in [0.05, 0.1) is 11.9 Å². The molecular formula is C17H20N4O3S. The van der Waals surface area contributed by atoms with Gasteiger partial charge in [-0.05, 0) is 18.4 Å². The van der Waals surface area contributed by atoms with Crippen molar-refractivity contribution in [3.05, 3.63) is 54.5 Å². The molecule has 0 saturated carbocycles. The van der Waals surface area contributed by atoms with E-state index >= 15 is 0 Å². The van der Waals surface area contributed by atoms with E-state index in [4.69, 9.17) is 0 Å². The Bertz CT molecular complexity index is 804. The van der Waals surface area contributed by atoms with Crippen molar-refractivity contribution >= 4 is 21.7 Å². The summed E-state index contributed by atoms with van der Waals surface area (Å²) in [5.74, 6) is -0.149. The van der Waals surface area contributed by atoms with E-state index in [0.29, 0.717) is 31.5 Å². The fraction of sp³-hybridized carbons (Fsp3) is 0.353. The number of amides is 1. The van der Waals surface area contributed by atoms with Crippen LogP contribution in [0.1, 0.15) is 18.4 Å². The maximum atomic E-state index is 12.3. The Labute approximate surface area is 147 Å². The number of nitrogens with zero attached hydrogens (tertiary/aromatic N) is 3. The average Bonchev–Trinajstić information content (AvgIpc) is 2.62. The van der Waals surface area contributed by atoms with Gasteiger partial charge in [-0.1, -0.05) is 30.3 Å². The van der Waals surface area contributed by atoms with Crippen molar-refractivity contribution in [3.8, 4) is 0 Å². The van der Waals surface area contributed by atoms with Gasteiger partial charge < -0.3 is 4.90 Å². The maximum absolute atomic E-state index is 12.3. The van der Waals surface area contributed by atoms with Gasteiger partial charge in [-0.2, -0.15) is 0 Å². The number of anilines is 1. The second-order valence-electron chi connectivity index (χ2n) is 6.04. The van der Waals surface area contributed by atoms with Crippen LogP contribution in [0, 0.1) is 5.92 Å². The molecule has 8 heteroatoms. The third-order valence-electron chi connectivity index (χ3n) is 4.19. The molecule has 0 aliphatic carbocycles. The number of hydrogen-bond donors (Lipinski definition) is 1. The lowest BCUT2D eigenvalue weighted by molar-refractivity contribution is -0.123. The predicted octanol–water partition coefficient (Wildman–Crippen LogP) is 1.34. The number of aromatic nitrogens is 2. The van der Waals surface area contributed by atoms with Gasteiger partial charge in [0, 0.05) is 31.4 Å². The lowest BCUT2D eigenvalue weighted by Gasteiger charge is -2.31. The second kappa shape index (κ2) is 7.60. The summed E-state index contributed by atoms with van der Waals surface area (Å²) in [6.45, 7) is 1.30. The molecule has 7 nitrogen and oxygen atoms in total. The summed E-state index contributed by atoms with van der Waals surface area (Å²) in [5, 5.41) is 0. The van der Waals surface area contributed by atoms with Crippen LogP contribution in [0.5, 0.6) is 0 Å². The zero-order chi connectivity index (χ0) is 17.7. The van der Waals surface area contributed by atoms with Crippen molar-refractivity contribution in [2.45, 2.75) is 18.6 Å². The minimum atomic E-state index is -3.68. The third-order valence-corrected chi connectivity index (χ3v) is 5.42. The van der Waals surface area contributed by atoms with Crippen LogP contribution in [0.15, 0.2) is 48.9 Å². The van der Waals surface area contributed by atoms with Crippen molar-refractivity contribution in [1.82, 2.24) is 14.7 Å². The number of benzene rings is 1. The summed E-state index contributed by atoms with van der Waals surface area (Å²) < 4.78 is 26.6. The molecule has 1 aromatic carbocycles. The Morgan fingerprint density at radius 2 is 1.88 bits per heavy atom. The number of nitrogens with one attached hydrogen (secondary N) is 1. The minimum absolute atomic E-state index is 0.196. The van der Waals surface area contributed by atoms with Crippen LogP contribution >= 0.6 is 0 Å². The van der Waals surface area contributed by atoms with E-state index < -0.39 is 15.9 Å². The van der Waals surface area contributed by atoms with Crippen LogP contribution in [-0.2, 0) is 20.6 Å². The van der Waals surface area contributed by atoms with Crippen molar-refractivity contribution in [2.75, 3.05) is 18.0 Å². The molecule has 1 saturated heterocycles. The molecule has 25 heavy (non-hydrogen) atoms. The molecule has 2 aromatic rings. The molecule has 1 amide bonds. The molecule has 0 radical (unpaired) electrons. The highest BCUT2D eigenvalue weighted by atomic mass is 32.2. The highest BCUT2D eigenvalue weighted by Crippen LogP contribution is 2.21. The highest BCUT2D eigenvalue weighted by Gasteiger charge is 2.28. The van der Waals surface area contributed by atoms with Crippen LogP contribution < -0.4 is 9.62 Å². The van der Waals surface area contributed by atoms with Crippen LogP contribution in [0.25, 0.3) is 0 Å². The van der Waals surface area contributed by atoms with E-state index in [1.807, 2.05) is 6.07 Å². The molecule has 0 bridgehead atoms. The Morgan fingerprint density at radius 1 is 1.16 bits per heavy atom. The number of carbonyl (C=O) groups is 1. The first-order valence-electron chi connectivity index (χ1n) is 8.13. The normalized spacial score (nSPS) is 15.8. The standard InChI is InChI=1S/C17H20N4O3S/c22-17(20-25(23,24)13-14-4-2-1-3-5-14)15-6-10-21(11-7-15)16-12-18-8-9-19-16/h1-5,8-9,12,15H,6-7,10-11,13H2,(H,20,22). The van der Waals surface area contributed by atoms with Crippen molar-refractivity contribution in [3.63, 3.8) is 0 Å². The summed E-state index contributed by atoms with van der Waals surface area (Å²) >= 11 is 0. The van der Waals surface area contributed by atoms with Gasteiger partial charge >= 0.3 is 0 Å². The number of piperidine rings is 1. The molecular weight excluding hydrogens is 340 g/mol. The molecule has 1 N–H and O–H groups in total. The molecule has 0 spiro atoms. The van der Waals surface area contributed by atoms with E-state index in [2.05, 4.69) is 19.6 Å². The Morgan fingerprint density at radius 3 is 2.52 bits per heavy atom. The molecule has 1 aliphatic heterocycles. The van der Waals surface area contributed by atoms with E-state index in [-0.39, 0.29) is 11.7 Å². The van der Waals surface area contributed by atoms with E-state index in [1.165, 1.54) is 0 Å². The van der Waals surface area contributed by atoms with Crippen LogP contribution in [0.3, 0.4) is 0 Å². The Hall–Kier alpha value is -2.48. The smallest absolute Gasteiger partial charge is 0.239 e. The molecule has 1 aliphatic rings. The van der Waals surface area contributed by atoms with Gasteiger partial charge in [0.2, 0.25) is 15.9 Å². The summed E-state index contributed by atoms with van der Waals surface area (Å²) in [5.41, 5.74) is 0.653. The second-order valence-corrected chi connectivity index (χ2v) is 7.76. The van der Waals surface area contributed by atoms with Gasteiger partial charge in [-0.3, -0.25) is 14.5 Å². The SMILES string of the molecule is O=C(NS(=O)(=O)Cc1ccccc1)C1CCN(c2cnccn2)CC1. The molecule has 0 unspecified atom stereocenters. The fourth-order valence-electron chi connectivity index (χ4n) is 2.89. The maximum Gasteiger partial charge on any atom is 0.239 e. The fourth-order valence-corrected chi connectivity index (χ4v) is 4.07. The quantitative estimate of drug-likeness (QED) is 0.865. The van der Waals surface area contributed by atoms with Crippen LogP contribution in [0.2, 0.25) is 0 Å². The molecule has 1 fully saturated rings. The largest absolute Gasteiger partial charge is 0.355 e.